The molecular weight excluding hydrogens is 218 g/mol. The van der Waals surface area contributed by atoms with Crippen LogP contribution in [0.4, 0.5) is 0 Å². The Morgan fingerprint density at radius 2 is 2.27 bits per heavy atom. The Labute approximate surface area is 88.0 Å². The Morgan fingerprint density at radius 1 is 1.60 bits per heavy atom. The monoisotopic (exact) mass is 231 g/mol. The lowest BCUT2D eigenvalue weighted by Gasteiger charge is -2.02. The number of hydrogen-bond acceptors (Lipinski definition) is 4. The van der Waals surface area contributed by atoms with Crippen molar-refractivity contribution in [3.05, 3.63) is 17.5 Å². The second-order valence-electron chi connectivity index (χ2n) is 3.29. The molecule has 0 aliphatic rings. The summed E-state index contributed by atoms with van der Waals surface area (Å²) >= 11 is 0. The molecule has 0 fully saturated rings. The summed E-state index contributed by atoms with van der Waals surface area (Å²) in [7, 11) is -3.04. The van der Waals surface area contributed by atoms with Crippen molar-refractivity contribution in [2.45, 2.75) is 6.92 Å². The number of nitrogens with zero attached hydrogens (tertiary/aromatic N) is 1. The molecule has 1 aromatic rings. The maximum atomic E-state index is 11.4. The maximum Gasteiger partial charge on any atom is 0.254 e. The molecule has 6 nitrogen and oxygen atoms in total. The Kier molecular flexibility index (Phi) is 3.46. The van der Waals surface area contributed by atoms with E-state index in [1.165, 1.54) is 6.20 Å². The van der Waals surface area contributed by atoms with Crippen LogP contribution < -0.4 is 5.32 Å². The van der Waals surface area contributed by atoms with Crippen molar-refractivity contribution in [1.29, 1.82) is 0 Å². The van der Waals surface area contributed by atoms with Crippen LogP contribution in [0, 0.1) is 6.92 Å². The van der Waals surface area contributed by atoms with E-state index in [-0.39, 0.29) is 18.2 Å². The fourth-order valence-corrected chi connectivity index (χ4v) is 1.50. The summed E-state index contributed by atoms with van der Waals surface area (Å²) in [5, 5.41) is 8.83. The van der Waals surface area contributed by atoms with E-state index in [4.69, 9.17) is 0 Å². The fraction of sp³-hybridized carbons (Fsp3) is 0.500. The summed E-state index contributed by atoms with van der Waals surface area (Å²) in [6.07, 6.45) is 2.54. The average Bonchev–Trinajstić information content (AvgIpc) is 2.48. The Morgan fingerprint density at radius 3 is 2.73 bits per heavy atom. The first-order chi connectivity index (χ1) is 6.90. The Bertz CT molecular complexity index is 449. The third-order valence-electron chi connectivity index (χ3n) is 1.83. The molecular formula is C8H13N3O3S. The minimum Gasteiger partial charge on any atom is -0.351 e. The third kappa shape index (κ3) is 3.70. The average molecular weight is 231 g/mol. The van der Waals surface area contributed by atoms with Gasteiger partial charge < -0.3 is 5.32 Å². The van der Waals surface area contributed by atoms with E-state index in [0.717, 1.165) is 6.26 Å². The smallest absolute Gasteiger partial charge is 0.254 e. The van der Waals surface area contributed by atoms with Gasteiger partial charge in [0.1, 0.15) is 9.84 Å². The molecule has 0 bridgehead atoms. The van der Waals surface area contributed by atoms with E-state index in [1.54, 1.807) is 6.92 Å². The highest BCUT2D eigenvalue weighted by atomic mass is 32.2. The normalized spacial score (nSPS) is 11.3. The van der Waals surface area contributed by atoms with Gasteiger partial charge in [0.2, 0.25) is 0 Å². The van der Waals surface area contributed by atoms with Crippen LogP contribution in [-0.2, 0) is 9.84 Å². The number of H-pyrrole nitrogens is 1. The molecule has 1 amide bonds. The van der Waals surface area contributed by atoms with E-state index in [0.29, 0.717) is 11.3 Å². The molecule has 0 saturated carbocycles. The zero-order valence-corrected chi connectivity index (χ0v) is 9.39. The zero-order valence-electron chi connectivity index (χ0n) is 8.57. The standard InChI is InChI=1S/C8H13N3O3S/c1-6-7(5-10-11-6)8(12)9-3-4-15(2,13)14/h5H,3-4H2,1-2H3,(H,9,12)(H,10,11). The highest BCUT2D eigenvalue weighted by Crippen LogP contribution is 2.01. The van der Waals surface area contributed by atoms with Gasteiger partial charge in [0.05, 0.1) is 17.5 Å². The van der Waals surface area contributed by atoms with E-state index in [1.807, 2.05) is 0 Å². The highest BCUT2D eigenvalue weighted by Gasteiger charge is 2.10. The largest absolute Gasteiger partial charge is 0.351 e. The molecule has 0 radical (unpaired) electrons. The van der Waals surface area contributed by atoms with Crippen molar-refractivity contribution in [1.82, 2.24) is 15.5 Å². The van der Waals surface area contributed by atoms with Gasteiger partial charge in [0.25, 0.3) is 5.91 Å². The van der Waals surface area contributed by atoms with Crippen LogP contribution >= 0.6 is 0 Å². The first kappa shape index (κ1) is 11.7. The topological polar surface area (TPSA) is 91.9 Å². The van der Waals surface area contributed by atoms with Gasteiger partial charge in [-0.2, -0.15) is 5.10 Å². The minimum atomic E-state index is -3.04. The summed E-state index contributed by atoms with van der Waals surface area (Å²) in [5.74, 6) is -0.375. The molecule has 1 rings (SSSR count). The molecule has 1 heterocycles. The Hall–Kier alpha value is -1.37. The molecule has 0 aliphatic heterocycles. The number of aryl methyl sites for hydroxylation is 1. The lowest BCUT2D eigenvalue weighted by molar-refractivity contribution is 0.0955. The molecule has 2 N–H and O–H groups in total. The van der Waals surface area contributed by atoms with Crippen LogP contribution in [0.15, 0.2) is 6.20 Å². The van der Waals surface area contributed by atoms with Gasteiger partial charge in [0, 0.05) is 18.5 Å². The van der Waals surface area contributed by atoms with E-state index in [9.17, 15) is 13.2 Å². The fourth-order valence-electron chi connectivity index (χ4n) is 1.02. The number of rotatable bonds is 4. The van der Waals surface area contributed by atoms with Crippen molar-refractivity contribution in [2.24, 2.45) is 0 Å². The number of carbonyl (C=O) groups is 1. The van der Waals surface area contributed by atoms with Crippen LogP contribution in [-0.4, -0.2) is 43.1 Å². The summed E-state index contributed by atoms with van der Waals surface area (Å²) < 4.78 is 21.6. The van der Waals surface area contributed by atoms with Crippen molar-refractivity contribution >= 4 is 15.7 Å². The second kappa shape index (κ2) is 4.43. The number of aromatic amines is 1. The summed E-state index contributed by atoms with van der Waals surface area (Å²) in [6, 6.07) is 0. The maximum absolute atomic E-state index is 11.4. The number of nitrogens with one attached hydrogen (secondary N) is 2. The molecule has 7 heteroatoms. The predicted molar refractivity (Wildman–Crippen MR) is 55.4 cm³/mol. The van der Waals surface area contributed by atoms with Gasteiger partial charge in [-0.1, -0.05) is 0 Å². The van der Waals surface area contributed by atoms with Gasteiger partial charge >= 0.3 is 0 Å². The van der Waals surface area contributed by atoms with E-state index in [2.05, 4.69) is 15.5 Å². The number of sulfone groups is 1. The molecule has 1 aromatic heterocycles. The summed E-state index contributed by atoms with van der Waals surface area (Å²) in [6.45, 7) is 1.83. The van der Waals surface area contributed by atoms with Gasteiger partial charge in [-0.25, -0.2) is 8.42 Å². The van der Waals surface area contributed by atoms with E-state index < -0.39 is 9.84 Å². The first-order valence-electron chi connectivity index (χ1n) is 4.36. The molecule has 0 saturated heterocycles. The number of hydrogen-bond donors (Lipinski definition) is 2. The SMILES string of the molecule is Cc1[nH]ncc1C(=O)NCCS(C)(=O)=O. The molecule has 0 aromatic carbocycles. The molecule has 0 aliphatic carbocycles. The van der Waals surface area contributed by atoms with Gasteiger partial charge in [-0.3, -0.25) is 9.89 Å². The molecule has 84 valence electrons. The van der Waals surface area contributed by atoms with Crippen LogP contribution in [0.5, 0.6) is 0 Å². The number of carbonyl (C=O) groups excluding carboxylic acids is 1. The zero-order chi connectivity index (χ0) is 11.5. The van der Waals surface area contributed by atoms with Crippen LogP contribution in [0.25, 0.3) is 0 Å². The highest BCUT2D eigenvalue weighted by molar-refractivity contribution is 7.90. The lowest BCUT2D eigenvalue weighted by atomic mass is 10.2. The number of amides is 1. The van der Waals surface area contributed by atoms with Crippen LogP contribution in [0.2, 0.25) is 0 Å². The van der Waals surface area contributed by atoms with Crippen molar-refractivity contribution < 1.29 is 13.2 Å². The second-order valence-corrected chi connectivity index (χ2v) is 5.55. The quantitative estimate of drug-likeness (QED) is 0.730. The molecule has 0 atom stereocenters. The van der Waals surface area contributed by atoms with Crippen molar-refractivity contribution in [3.63, 3.8) is 0 Å². The van der Waals surface area contributed by atoms with Crippen molar-refractivity contribution in [2.75, 3.05) is 18.6 Å². The van der Waals surface area contributed by atoms with Gasteiger partial charge in [0.15, 0.2) is 0 Å². The van der Waals surface area contributed by atoms with Crippen LogP contribution in [0.1, 0.15) is 16.1 Å². The lowest BCUT2D eigenvalue weighted by Crippen LogP contribution is -2.28. The van der Waals surface area contributed by atoms with Crippen LogP contribution in [0.3, 0.4) is 0 Å². The summed E-state index contributed by atoms with van der Waals surface area (Å²) in [4.78, 5) is 11.4. The predicted octanol–water partition coefficient (Wildman–Crippen LogP) is -0.507. The van der Waals surface area contributed by atoms with Gasteiger partial charge in [-0.15, -0.1) is 0 Å². The van der Waals surface area contributed by atoms with E-state index >= 15 is 0 Å². The minimum absolute atomic E-state index is 0.0599. The Balaban J connectivity index is 2.48. The third-order valence-corrected chi connectivity index (χ3v) is 2.78. The molecule has 0 spiro atoms. The van der Waals surface area contributed by atoms with Crippen molar-refractivity contribution in [3.8, 4) is 0 Å². The molecule has 15 heavy (non-hydrogen) atoms. The first-order valence-corrected chi connectivity index (χ1v) is 6.42. The van der Waals surface area contributed by atoms with Gasteiger partial charge in [-0.05, 0) is 6.92 Å². The molecule has 0 unspecified atom stereocenters. The summed E-state index contributed by atoms with van der Waals surface area (Å²) in [5.41, 5.74) is 1.09. The number of aromatic nitrogens is 2.